The van der Waals surface area contributed by atoms with Gasteiger partial charge in [0.2, 0.25) is 5.91 Å². The minimum atomic E-state index is 0.407. The zero-order valence-electron chi connectivity index (χ0n) is 12.0. The maximum atomic E-state index is 12.4. The second-order valence-electron chi connectivity index (χ2n) is 5.80. The number of nitrogens with zero attached hydrogens (tertiary/aromatic N) is 1. The summed E-state index contributed by atoms with van der Waals surface area (Å²) in [6, 6.07) is 0.545. The van der Waals surface area contributed by atoms with Crippen LogP contribution >= 0.6 is 11.8 Å². The summed E-state index contributed by atoms with van der Waals surface area (Å²) in [5, 5.41) is 0.726. The molecule has 110 valence electrons. The third-order valence-electron chi connectivity index (χ3n) is 4.40. The van der Waals surface area contributed by atoms with Crippen molar-refractivity contribution in [2.75, 3.05) is 18.8 Å². The number of thioether (sulfide) groups is 1. The Bertz CT molecular complexity index is 283. The first-order chi connectivity index (χ1) is 9.33. The lowest BCUT2D eigenvalue weighted by molar-refractivity contribution is -0.134. The summed E-state index contributed by atoms with van der Waals surface area (Å²) in [6.07, 6.45) is 10.4. The largest absolute Gasteiger partial charge is 0.338 e. The van der Waals surface area contributed by atoms with E-state index in [0.29, 0.717) is 11.9 Å². The highest BCUT2D eigenvalue weighted by Crippen LogP contribution is 2.35. The van der Waals surface area contributed by atoms with Crippen LogP contribution in [0.5, 0.6) is 0 Å². The predicted molar refractivity (Wildman–Crippen MR) is 82.4 cm³/mol. The summed E-state index contributed by atoms with van der Waals surface area (Å²) in [6.45, 7) is 1.76. The minimum Gasteiger partial charge on any atom is -0.338 e. The van der Waals surface area contributed by atoms with Gasteiger partial charge in [-0.25, -0.2) is 0 Å². The fourth-order valence-electron chi connectivity index (χ4n) is 3.32. The van der Waals surface area contributed by atoms with E-state index in [1.54, 1.807) is 0 Å². The number of unbranched alkanes of at least 4 members (excludes halogenated alkanes) is 3. The summed E-state index contributed by atoms with van der Waals surface area (Å²) in [4.78, 5) is 14.6. The number of fused-ring (bicyclic) bond motifs is 1. The summed E-state index contributed by atoms with van der Waals surface area (Å²) in [5.74, 6) is 1.55. The monoisotopic (exact) mass is 284 g/mol. The number of hydrogen-bond donors (Lipinski definition) is 1. The lowest BCUT2D eigenvalue weighted by Gasteiger charge is -2.43. The van der Waals surface area contributed by atoms with Crippen LogP contribution in [0.1, 0.15) is 57.8 Å². The topological polar surface area (TPSA) is 46.3 Å². The molecule has 1 amide bonds. The molecular weight excluding hydrogens is 256 g/mol. The Morgan fingerprint density at radius 2 is 1.95 bits per heavy atom. The van der Waals surface area contributed by atoms with Gasteiger partial charge in [0, 0.05) is 30.0 Å². The van der Waals surface area contributed by atoms with E-state index in [1.165, 1.54) is 32.1 Å². The number of carbonyl (C=O) groups is 1. The molecule has 3 nitrogen and oxygen atoms in total. The van der Waals surface area contributed by atoms with Crippen LogP contribution in [0.2, 0.25) is 0 Å². The molecule has 1 heterocycles. The maximum Gasteiger partial charge on any atom is 0.222 e. The van der Waals surface area contributed by atoms with Gasteiger partial charge < -0.3 is 10.6 Å². The number of hydrogen-bond acceptors (Lipinski definition) is 3. The van der Waals surface area contributed by atoms with Crippen LogP contribution in [0.15, 0.2) is 0 Å². The molecule has 2 atom stereocenters. The van der Waals surface area contributed by atoms with Crippen LogP contribution in [0.3, 0.4) is 0 Å². The van der Waals surface area contributed by atoms with Crippen molar-refractivity contribution in [3.8, 4) is 0 Å². The molecule has 0 aromatic rings. The van der Waals surface area contributed by atoms with Crippen LogP contribution in [-0.4, -0.2) is 40.9 Å². The Hall–Kier alpha value is -0.220. The van der Waals surface area contributed by atoms with Gasteiger partial charge in [-0.05, 0) is 32.2 Å². The number of carbonyl (C=O) groups excluding carboxylic acids is 1. The standard InChI is InChI=1S/C15H28N2OS/c16-10-6-2-1-3-9-15(18)17-11-12-19-14-8-5-4-7-13(14)17/h13-14H,1-12,16H2. The SMILES string of the molecule is NCCCCCCC(=O)N1CCSC2CCCCC21. The number of amides is 1. The Kier molecular flexibility index (Phi) is 6.51. The minimum absolute atomic E-state index is 0.407. The van der Waals surface area contributed by atoms with Crippen LogP contribution in [0.4, 0.5) is 0 Å². The molecule has 0 bridgehead atoms. The highest BCUT2D eigenvalue weighted by Gasteiger charge is 2.35. The molecule has 2 unspecified atom stereocenters. The van der Waals surface area contributed by atoms with Crippen molar-refractivity contribution >= 4 is 17.7 Å². The zero-order valence-corrected chi connectivity index (χ0v) is 12.8. The third kappa shape index (κ3) is 4.38. The van der Waals surface area contributed by atoms with E-state index in [1.807, 2.05) is 0 Å². The summed E-state index contributed by atoms with van der Waals surface area (Å²) in [7, 11) is 0. The van der Waals surface area contributed by atoms with E-state index in [4.69, 9.17) is 5.73 Å². The van der Waals surface area contributed by atoms with Crippen molar-refractivity contribution in [1.29, 1.82) is 0 Å². The van der Waals surface area contributed by atoms with Gasteiger partial charge in [0.05, 0.1) is 0 Å². The molecule has 0 aromatic carbocycles. The molecule has 2 aliphatic rings. The molecule has 1 saturated carbocycles. The molecule has 4 heteroatoms. The summed E-state index contributed by atoms with van der Waals surface area (Å²) >= 11 is 2.10. The van der Waals surface area contributed by atoms with Crippen molar-refractivity contribution < 1.29 is 4.79 Å². The zero-order chi connectivity index (χ0) is 13.5. The smallest absolute Gasteiger partial charge is 0.222 e. The normalized spacial score (nSPS) is 27.1. The van der Waals surface area contributed by atoms with Gasteiger partial charge in [0.25, 0.3) is 0 Å². The van der Waals surface area contributed by atoms with Gasteiger partial charge in [0.15, 0.2) is 0 Å². The second kappa shape index (κ2) is 8.15. The van der Waals surface area contributed by atoms with Gasteiger partial charge in [-0.2, -0.15) is 11.8 Å². The molecule has 0 aromatic heterocycles. The van der Waals surface area contributed by atoms with Crippen molar-refractivity contribution in [3.63, 3.8) is 0 Å². The van der Waals surface area contributed by atoms with E-state index in [2.05, 4.69) is 16.7 Å². The quantitative estimate of drug-likeness (QED) is 0.763. The van der Waals surface area contributed by atoms with Gasteiger partial charge in [-0.3, -0.25) is 4.79 Å². The molecule has 1 saturated heterocycles. The molecule has 1 aliphatic heterocycles. The Labute approximate surface area is 121 Å². The van der Waals surface area contributed by atoms with Crippen LogP contribution in [-0.2, 0) is 4.79 Å². The van der Waals surface area contributed by atoms with E-state index >= 15 is 0 Å². The Balaban J connectivity index is 1.74. The molecule has 0 spiro atoms. The average Bonchev–Trinajstić information content (AvgIpc) is 2.46. The summed E-state index contributed by atoms with van der Waals surface area (Å²) < 4.78 is 0. The van der Waals surface area contributed by atoms with Crippen LogP contribution in [0, 0.1) is 0 Å². The fourth-order valence-corrected chi connectivity index (χ4v) is 4.77. The van der Waals surface area contributed by atoms with Crippen LogP contribution in [0.25, 0.3) is 0 Å². The first-order valence-electron chi connectivity index (χ1n) is 7.94. The average molecular weight is 284 g/mol. The van der Waals surface area contributed by atoms with E-state index in [9.17, 15) is 4.79 Å². The van der Waals surface area contributed by atoms with Gasteiger partial charge in [-0.15, -0.1) is 0 Å². The first-order valence-corrected chi connectivity index (χ1v) is 8.99. The molecule has 1 aliphatic carbocycles. The predicted octanol–water partition coefficient (Wildman–Crippen LogP) is 2.78. The van der Waals surface area contributed by atoms with Crippen molar-refractivity contribution in [3.05, 3.63) is 0 Å². The maximum absolute atomic E-state index is 12.4. The highest BCUT2D eigenvalue weighted by atomic mass is 32.2. The molecule has 2 rings (SSSR count). The van der Waals surface area contributed by atoms with Gasteiger partial charge >= 0.3 is 0 Å². The number of rotatable bonds is 6. The first kappa shape index (κ1) is 15.2. The van der Waals surface area contributed by atoms with Crippen molar-refractivity contribution in [2.45, 2.75) is 69.1 Å². The lowest BCUT2D eigenvalue weighted by Crippen LogP contribution is -2.51. The van der Waals surface area contributed by atoms with Gasteiger partial charge in [0.1, 0.15) is 0 Å². The van der Waals surface area contributed by atoms with Crippen LogP contribution < -0.4 is 5.73 Å². The second-order valence-corrected chi connectivity index (χ2v) is 7.15. The number of nitrogens with two attached hydrogens (primary N) is 1. The van der Waals surface area contributed by atoms with E-state index in [0.717, 1.165) is 49.8 Å². The molecule has 2 fully saturated rings. The molecule has 19 heavy (non-hydrogen) atoms. The van der Waals surface area contributed by atoms with Gasteiger partial charge in [-0.1, -0.05) is 25.7 Å². The fraction of sp³-hybridized carbons (Fsp3) is 0.933. The Morgan fingerprint density at radius 1 is 1.16 bits per heavy atom. The lowest BCUT2D eigenvalue weighted by atomic mass is 9.93. The molecule has 2 N–H and O–H groups in total. The summed E-state index contributed by atoms with van der Waals surface area (Å²) in [5.41, 5.74) is 5.48. The third-order valence-corrected chi connectivity index (χ3v) is 5.79. The van der Waals surface area contributed by atoms with E-state index in [-0.39, 0.29) is 0 Å². The van der Waals surface area contributed by atoms with Crippen molar-refractivity contribution in [2.24, 2.45) is 5.73 Å². The Morgan fingerprint density at radius 3 is 2.79 bits per heavy atom. The van der Waals surface area contributed by atoms with Crippen molar-refractivity contribution in [1.82, 2.24) is 4.90 Å². The molecule has 0 radical (unpaired) electrons. The molecular formula is C15H28N2OS. The van der Waals surface area contributed by atoms with E-state index < -0.39 is 0 Å². The highest BCUT2D eigenvalue weighted by molar-refractivity contribution is 8.00.